The number of rotatable bonds is 3. The monoisotopic (exact) mass is 529 g/mol. The van der Waals surface area contributed by atoms with Crippen LogP contribution in [0.2, 0.25) is 5.02 Å². The number of aromatic nitrogens is 5. The average Bonchev–Trinajstić information content (AvgIpc) is 3.07. The molecule has 0 unspecified atom stereocenters. The van der Waals surface area contributed by atoms with Gasteiger partial charge in [0.25, 0.3) is 5.92 Å². The minimum Gasteiger partial charge on any atom is -0.340 e. The molecule has 4 aliphatic rings. The molecule has 2 aliphatic carbocycles. The molecular weight excluding hydrogens is 503 g/mol. The van der Waals surface area contributed by atoms with Gasteiger partial charge in [-0.3, -0.25) is 9.47 Å². The van der Waals surface area contributed by atoms with Crippen molar-refractivity contribution in [1.82, 2.24) is 29.6 Å². The molecule has 0 amide bonds. The predicted octanol–water partition coefficient (Wildman–Crippen LogP) is 5.05. The summed E-state index contributed by atoms with van der Waals surface area (Å²) in [5.41, 5.74) is 1.91. The summed E-state index contributed by atoms with van der Waals surface area (Å²) in [6.07, 6.45) is 2.86. The first-order valence-corrected chi connectivity index (χ1v) is 13.0. The van der Waals surface area contributed by atoms with E-state index < -0.39 is 17.3 Å². The van der Waals surface area contributed by atoms with Gasteiger partial charge in [0, 0.05) is 54.4 Å². The van der Waals surface area contributed by atoms with Crippen molar-refractivity contribution >= 4 is 17.5 Å². The predicted molar refractivity (Wildman–Crippen MR) is 132 cm³/mol. The van der Waals surface area contributed by atoms with Gasteiger partial charge in [-0.25, -0.2) is 23.1 Å². The molecule has 2 aromatic heterocycles. The maximum absolute atomic E-state index is 13.9. The van der Waals surface area contributed by atoms with E-state index in [1.165, 1.54) is 6.20 Å². The highest BCUT2D eigenvalue weighted by molar-refractivity contribution is 6.30. The number of alkyl halides is 2. The molecule has 194 valence electrons. The van der Waals surface area contributed by atoms with E-state index in [4.69, 9.17) is 11.6 Å². The van der Waals surface area contributed by atoms with Crippen LogP contribution in [0.3, 0.4) is 0 Å². The van der Waals surface area contributed by atoms with Crippen LogP contribution < -0.4 is 4.90 Å². The summed E-state index contributed by atoms with van der Waals surface area (Å²) in [7, 11) is 0. The third-order valence-electron chi connectivity index (χ3n) is 8.74. The summed E-state index contributed by atoms with van der Waals surface area (Å²) >= 11 is 6.36. The van der Waals surface area contributed by atoms with Crippen LogP contribution in [0.1, 0.15) is 61.4 Å². The second kappa shape index (κ2) is 7.66. The fourth-order valence-corrected chi connectivity index (χ4v) is 7.08. The minimum absolute atomic E-state index is 0.157. The van der Waals surface area contributed by atoms with E-state index in [0.717, 1.165) is 48.8 Å². The fourth-order valence-electron chi connectivity index (χ4n) is 6.88. The number of fused-ring (bicyclic) bond motifs is 3. The topological polar surface area (TPSA) is 63.0 Å². The van der Waals surface area contributed by atoms with E-state index in [2.05, 4.69) is 34.5 Å². The van der Waals surface area contributed by atoms with Gasteiger partial charge in [0.2, 0.25) is 5.95 Å². The van der Waals surface area contributed by atoms with Gasteiger partial charge < -0.3 is 4.90 Å². The smallest absolute Gasteiger partial charge is 0.251 e. The van der Waals surface area contributed by atoms with Gasteiger partial charge in [-0.15, -0.1) is 10.2 Å². The van der Waals surface area contributed by atoms with Gasteiger partial charge in [0.1, 0.15) is 5.82 Å². The third kappa shape index (κ3) is 3.66. The maximum Gasteiger partial charge on any atom is 0.251 e. The lowest BCUT2D eigenvalue weighted by Gasteiger charge is -2.58. The molecule has 1 aromatic carbocycles. The zero-order valence-electron chi connectivity index (χ0n) is 20.7. The molecule has 37 heavy (non-hydrogen) atoms. The van der Waals surface area contributed by atoms with Gasteiger partial charge in [0.05, 0.1) is 24.1 Å². The van der Waals surface area contributed by atoms with Gasteiger partial charge in [0.15, 0.2) is 11.6 Å². The second-order valence-corrected chi connectivity index (χ2v) is 12.1. The second-order valence-electron chi connectivity index (χ2n) is 11.7. The van der Waals surface area contributed by atoms with Crippen LogP contribution in [0.4, 0.5) is 19.1 Å². The van der Waals surface area contributed by atoms with E-state index in [-0.39, 0.29) is 24.2 Å². The van der Waals surface area contributed by atoms with Crippen LogP contribution in [0.15, 0.2) is 24.4 Å². The fraction of sp³-hybridized carbons (Fsp3) is 0.538. The largest absolute Gasteiger partial charge is 0.340 e. The lowest BCUT2D eigenvalue weighted by molar-refractivity contribution is -0.173. The van der Waals surface area contributed by atoms with Crippen molar-refractivity contribution in [3.8, 4) is 5.69 Å². The molecule has 4 heterocycles. The van der Waals surface area contributed by atoms with E-state index in [1.807, 2.05) is 25.1 Å². The lowest BCUT2D eigenvalue weighted by atomic mass is 9.57. The summed E-state index contributed by atoms with van der Waals surface area (Å²) < 4.78 is 43.5. The summed E-state index contributed by atoms with van der Waals surface area (Å²) in [4.78, 5) is 12.6. The van der Waals surface area contributed by atoms with Crippen molar-refractivity contribution in [3.05, 3.63) is 58.1 Å². The highest BCUT2D eigenvalue weighted by Crippen LogP contribution is 2.57. The Morgan fingerprint density at radius 3 is 2.54 bits per heavy atom. The summed E-state index contributed by atoms with van der Waals surface area (Å²) in [5, 5.41) is 9.80. The Bertz CT molecular complexity index is 1400. The zero-order chi connectivity index (χ0) is 25.7. The van der Waals surface area contributed by atoms with Gasteiger partial charge >= 0.3 is 0 Å². The Morgan fingerprint density at radius 2 is 1.84 bits per heavy atom. The van der Waals surface area contributed by atoms with E-state index in [1.54, 1.807) is 6.92 Å². The first kappa shape index (κ1) is 23.4. The molecule has 7 rings (SSSR count). The van der Waals surface area contributed by atoms with Crippen LogP contribution in [-0.4, -0.2) is 54.2 Å². The molecule has 2 saturated carbocycles. The first-order chi connectivity index (χ1) is 17.5. The SMILES string of the molecule is Cc1nc(N2CC3(CC(c4nnc5n4-c4ccc(Cl)cc4CN(C4(C)CC(F)(F)C4)C5)C3)C2)ncc1F. The Kier molecular flexibility index (Phi) is 4.85. The van der Waals surface area contributed by atoms with Crippen molar-refractivity contribution in [1.29, 1.82) is 0 Å². The molecule has 11 heteroatoms. The maximum atomic E-state index is 13.9. The third-order valence-corrected chi connectivity index (χ3v) is 8.97. The van der Waals surface area contributed by atoms with Gasteiger partial charge in [-0.1, -0.05) is 11.6 Å². The number of anilines is 1. The highest BCUT2D eigenvalue weighted by atomic mass is 35.5. The normalized spacial score (nSPS) is 23.5. The Labute approximate surface area is 217 Å². The molecule has 0 radical (unpaired) electrons. The van der Waals surface area contributed by atoms with Crippen molar-refractivity contribution < 1.29 is 13.2 Å². The van der Waals surface area contributed by atoms with Crippen molar-refractivity contribution in [2.45, 2.75) is 70.0 Å². The van der Waals surface area contributed by atoms with Crippen LogP contribution in [0.5, 0.6) is 0 Å². The molecule has 1 saturated heterocycles. The average molecular weight is 530 g/mol. The summed E-state index contributed by atoms with van der Waals surface area (Å²) in [6, 6.07) is 5.78. The molecule has 1 spiro atoms. The molecule has 0 N–H and O–H groups in total. The quantitative estimate of drug-likeness (QED) is 0.473. The number of nitrogens with zero attached hydrogens (tertiary/aromatic N) is 7. The Balaban J connectivity index is 1.14. The zero-order valence-corrected chi connectivity index (χ0v) is 21.4. The number of aryl methyl sites for hydroxylation is 1. The van der Waals surface area contributed by atoms with E-state index >= 15 is 0 Å². The molecule has 3 fully saturated rings. The van der Waals surface area contributed by atoms with E-state index in [9.17, 15) is 13.2 Å². The Morgan fingerprint density at radius 1 is 1.08 bits per heavy atom. The number of hydrogen-bond donors (Lipinski definition) is 0. The van der Waals surface area contributed by atoms with Crippen LogP contribution in [-0.2, 0) is 13.1 Å². The van der Waals surface area contributed by atoms with Gasteiger partial charge in [-0.2, -0.15) is 0 Å². The van der Waals surface area contributed by atoms with Gasteiger partial charge in [-0.05, 0) is 50.5 Å². The van der Waals surface area contributed by atoms with Crippen LogP contribution in [0.25, 0.3) is 5.69 Å². The summed E-state index contributed by atoms with van der Waals surface area (Å²) in [6.45, 7) is 6.22. The van der Waals surface area contributed by atoms with Crippen molar-refractivity contribution in [2.75, 3.05) is 18.0 Å². The number of benzene rings is 1. The van der Waals surface area contributed by atoms with Crippen LogP contribution >= 0.6 is 11.6 Å². The minimum atomic E-state index is -2.62. The van der Waals surface area contributed by atoms with Crippen molar-refractivity contribution in [2.24, 2.45) is 5.41 Å². The molecule has 7 nitrogen and oxygen atoms in total. The van der Waals surface area contributed by atoms with Crippen LogP contribution in [0, 0.1) is 18.2 Å². The highest BCUT2D eigenvalue weighted by Gasteiger charge is 2.57. The molecular formula is C26H27ClF3N7. The summed E-state index contributed by atoms with van der Waals surface area (Å²) in [5.74, 6) is -0.494. The molecule has 0 bridgehead atoms. The number of halogens is 4. The van der Waals surface area contributed by atoms with Crippen molar-refractivity contribution in [3.63, 3.8) is 0 Å². The first-order valence-electron chi connectivity index (χ1n) is 12.6. The standard InChI is InChI=1S/C26H27ClF3N7/c1-15-19(28)8-31-23(32-15)35-13-25(14-35)6-17(7-25)22-34-33-21-10-36(24(2)11-26(29,30)12-24)9-16-5-18(27)3-4-20(16)37(21)22/h3-5,8,17H,6-7,9-14H2,1-2H3. The molecule has 2 aliphatic heterocycles. The van der Waals surface area contributed by atoms with E-state index in [0.29, 0.717) is 29.8 Å². The molecule has 3 aromatic rings. The lowest BCUT2D eigenvalue weighted by Crippen LogP contribution is -2.62. The molecule has 0 atom stereocenters. The Hall–Kier alpha value is -2.72. The number of hydrogen-bond acceptors (Lipinski definition) is 6.